The van der Waals surface area contributed by atoms with E-state index in [1.54, 1.807) is 25.5 Å². The third-order valence-corrected chi connectivity index (χ3v) is 6.83. The predicted molar refractivity (Wildman–Crippen MR) is 128 cm³/mol. The molecule has 0 fully saturated rings. The van der Waals surface area contributed by atoms with Crippen molar-refractivity contribution in [3.05, 3.63) is 95.1 Å². The molecule has 8 heteroatoms. The van der Waals surface area contributed by atoms with E-state index in [0.717, 1.165) is 15.6 Å². The highest BCUT2D eigenvalue weighted by Crippen LogP contribution is 2.30. The van der Waals surface area contributed by atoms with E-state index in [2.05, 4.69) is 20.9 Å². The van der Waals surface area contributed by atoms with E-state index < -0.39 is 12.0 Å². The van der Waals surface area contributed by atoms with Crippen LogP contribution in [-0.4, -0.2) is 24.3 Å². The molecule has 0 amide bonds. The van der Waals surface area contributed by atoms with Crippen LogP contribution in [0.3, 0.4) is 0 Å². The number of fused-ring (bicyclic) bond motifs is 1. The number of benzene rings is 2. The molecule has 0 unspecified atom stereocenters. The Bertz CT molecular complexity index is 1390. The fourth-order valence-corrected chi connectivity index (χ4v) is 5.04. The molecule has 0 spiro atoms. The predicted octanol–water partition coefficient (Wildman–Crippen LogP) is 3.57. The van der Waals surface area contributed by atoms with Crippen LogP contribution in [0.1, 0.15) is 31.0 Å². The number of carbonyl (C=O) groups is 1. The van der Waals surface area contributed by atoms with Crippen molar-refractivity contribution < 1.29 is 14.3 Å². The molecule has 32 heavy (non-hydrogen) atoms. The van der Waals surface area contributed by atoms with E-state index in [4.69, 9.17) is 9.47 Å². The van der Waals surface area contributed by atoms with Crippen molar-refractivity contribution in [2.75, 3.05) is 13.7 Å². The lowest BCUT2D eigenvalue weighted by Gasteiger charge is -2.24. The second kappa shape index (κ2) is 9.26. The van der Waals surface area contributed by atoms with Gasteiger partial charge in [0.1, 0.15) is 5.75 Å². The fraction of sp³-hybridized carbons (Fsp3) is 0.208. The van der Waals surface area contributed by atoms with Crippen LogP contribution in [0.25, 0.3) is 6.08 Å². The van der Waals surface area contributed by atoms with Gasteiger partial charge in [-0.05, 0) is 49.2 Å². The van der Waals surface area contributed by atoms with Crippen LogP contribution in [0.2, 0.25) is 0 Å². The summed E-state index contributed by atoms with van der Waals surface area (Å²) in [5, 5.41) is 0. The lowest BCUT2D eigenvalue weighted by Crippen LogP contribution is -2.39. The molecular formula is C24H21BrN2O4S. The van der Waals surface area contributed by atoms with Gasteiger partial charge < -0.3 is 9.47 Å². The number of ether oxygens (including phenoxy) is 2. The number of rotatable bonds is 5. The summed E-state index contributed by atoms with van der Waals surface area (Å²) in [5.41, 5.74) is 2.34. The van der Waals surface area contributed by atoms with Gasteiger partial charge in [-0.15, -0.1) is 0 Å². The van der Waals surface area contributed by atoms with Crippen LogP contribution in [0.5, 0.6) is 5.75 Å². The minimum absolute atomic E-state index is 0.216. The molecule has 0 N–H and O–H groups in total. The van der Waals surface area contributed by atoms with Crippen LogP contribution in [0.4, 0.5) is 0 Å². The van der Waals surface area contributed by atoms with Crippen molar-refractivity contribution in [3.63, 3.8) is 0 Å². The maximum atomic E-state index is 13.6. The van der Waals surface area contributed by atoms with Crippen molar-refractivity contribution >= 4 is 39.3 Å². The number of aromatic nitrogens is 1. The summed E-state index contributed by atoms with van der Waals surface area (Å²) in [4.78, 5) is 31.5. The summed E-state index contributed by atoms with van der Waals surface area (Å²) in [5.74, 6) is 0.224. The van der Waals surface area contributed by atoms with Crippen molar-refractivity contribution in [3.8, 4) is 5.75 Å². The van der Waals surface area contributed by atoms with Gasteiger partial charge in [0.2, 0.25) is 0 Å². The Hall–Kier alpha value is -2.97. The number of hydrogen-bond donors (Lipinski definition) is 0. The summed E-state index contributed by atoms with van der Waals surface area (Å²) < 4.78 is 13.6. The number of thiazole rings is 1. The zero-order valence-corrected chi connectivity index (χ0v) is 20.2. The Labute approximate surface area is 197 Å². The van der Waals surface area contributed by atoms with Crippen LogP contribution in [-0.2, 0) is 9.53 Å². The third-order valence-electron chi connectivity index (χ3n) is 5.12. The second-order valence-corrected chi connectivity index (χ2v) is 8.96. The number of allylic oxidation sites excluding steroid dienone is 1. The lowest BCUT2D eigenvalue weighted by atomic mass is 9.96. The monoisotopic (exact) mass is 512 g/mol. The van der Waals surface area contributed by atoms with E-state index in [1.165, 1.54) is 11.3 Å². The number of carbonyl (C=O) groups excluding carboxylic acids is 1. The molecule has 0 saturated carbocycles. The second-order valence-electron chi connectivity index (χ2n) is 7.10. The standard InChI is InChI=1S/C24H21BrN2O4S/c1-4-31-23(29)20-14(2)26-24-27(21(20)15-8-6-5-7-9-15)22(28)19(32-24)13-16-12-17(30-3)10-11-18(16)25/h5-13,21H,4H2,1-3H3/b19-13-/t21-/m0/s1. The van der Waals surface area contributed by atoms with Gasteiger partial charge in [0.05, 0.1) is 35.6 Å². The molecule has 4 rings (SSSR count). The molecule has 1 atom stereocenters. The van der Waals surface area contributed by atoms with E-state index in [-0.39, 0.29) is 12.2 Å². The molecule has 2 heterocycles. The first-order valence-corrected chi connectivity index (χ1v) is 11.6. The largest absolute Gasteiger partial charge is 0.497 e. The Morgan fingerprint density at radius 3 is 2.69 bits per heavy atom. The molecule has 0 aliphatic carbocycles. The van der Waals surface area contributed by atoms with Gasteiger partial charge in [-0.25, -0.2) is 9.79 Å². The zero-order chi connectivity index (χ0) is 22.8. The quantitative estimate of drug-likeness (QED) is 0.490. The van der Waals surface area contributed by atoms with Gasteiger partial charge in [0.25, 0.3) is 5.56 Å². The highest BCUT2D eigenvalue weighted by atomic mass is 79.9. The maximum absolute atomic E-state index is 13.6. The maximum Gasteiger partial charge on any atom is 0.338 e. The van der Waals surface area contributed by atoms with Gasteiger partial charge >= 0.3 is 5.97 Å². The Morgan fingerprint density at radius 2 is 2.00 bits per heavy atom. The highest BCUT2D eigenvalue weighted by Gasteiger charge is 2.33. The van der Waals surface area contributed by atoms with Gasteiger partial charge in [-0.3, -0.25) is 9.36 Å². The molecule has 6 nitrogen and oxygen atoms in total. The Balaban J connectivity index is 1.96. The minimum Gasteiger partial charge on any atom is -0.497 e. The summed E-state index contributed by atoms with van der Waals surface area (Å²) >= 11 is 4.82. The first-order chi connectivity index (χ1) is 15.4. The Kier molecular flexibility index (Phi) is 6.43. The number of nitrogens with zero attached hydrogens (tertiary/aromatic N) is 2. The minimum atomic E-state index is -0.609. The first-order valence-electron chi connectivity index (χ1n) is 10.0. The van der Waals surface area contributed by atoms with Crippen LogP contribution in [0.15, 0.2) is 74.1 Å². The molecule has 164 valence electrons. The molecule has 1 aliphatic heterocycles. The van der Waals surface area contributed by atoms with Crippen molar-refractivity contribution in [1.82, 2.24) is 4.57 Å². The summed E-state index contributed by atoms with van der Waals surface area (Å²) in [6, 6.07) is 14.4. The molecule has 1 aromatic heterocycles. The first kappa shape index (κ1) is 22.2. The third kappa shape index (κ3) is 4.08. The molecule has 0 saturated heterocycles. The summed E-state index contributed by atoms with van der Waals surface area (Å²) in [6.07, 6.45) is 1.81. The SMILES string of the molecule is CCOC(=O)C1=C(C)N=c2s/c(=C\c3cc(OC)ccc3Br)c(=O)n2[C@H]1c1ccccc1. The van der Waals surface area contributed by atoms with E-state index in [1.807, 2.05) is 54.6 Å². The highest BCUT2D eigenvalue weighted by molar-refractivity contribution is 9.10. The van der Waals surface area contributed by atoms with Gasteiger partial charge in [0.15, 0.2) is 4.80 Å². The van der Waals surface area contributed by atoms with Crippen LogP contribution in [0, 0.1) is 0 Å². The van der Waals surface area contributed by atoms with Gasteiger partial charge in [0, 0.05) is 4.47 Å². The molecule has 3 aromatic rings. The topological polar surface area (TPSA) is 69.9 Å². The molecule has 0 radical (unpaired) electrons. The molecular weight excluding hydrogens is 492 g/mol. The number of methoxy groups -OCH3 is 1. The average Bonchev–Trinajstić information content (AvgIpc) is 3.09. The molecule has 1 aliphatic rings. The molecule has 0 bridgehead atoms. The lowest BCUT2D eigenvalue weighted by molar-refractivity contribution is -0.139. The number of halogens is 1. The smallest absolute Gasteiger partial charge is 0.338 e. The normalized spacial score (nSPS) is 15.9. The van der Waals surface area contributed by atoms with Crippen molar-refractivity contribution in [2.24, 2.45) is 4.99 Å². The Morgan fingerprint density at radius 1 is 1.25 bits per heavy atom. The van der Waals surface area contributed by atoms with Gasteiger partial charge in [-0.2, -0.15) is 0 Å². The van der Waals surface area contributed by atoms with E-state index in [0.29, 0.717) is 26.4 Å². The van der Waals surface area contributed by atoms with Gasteiger partial charge in [-0.1, -0.05) is 57.6 Å². The number of esters is 1. The fourth-order valence-electron chi connectivity index (χ4n) is 3.64. The average molecular weight is 513 g/mol. The number of hydrogen-bond acceptors (Lipinski definition) is 6. The molecule has 2 aromatic carbocycles. The zero-order valence-electron chi connectivity index (χ0n) is 17.8. The summed E-state index contributed by atoms with van der Waals surface area (Å²) in [6.45, 7) is 3.77. The van der Waals surface area contributed by atoms with Crippen molar-refractivity contribution in [1.29, 1.82) is 0 Å². The van der Waals surface area contributed by atoms with Crippen LogP contribution >= 0.6 is 27.3 Å². The van der Waals surface area contributed by atoms with E-state index >= 15 is 0 Å². The van der Waals surface area contributed by atoms with E-state index in [9.17, 15) is 9.59 Å². The summed E-state index contributed by atoms with van der Waals surface area (Å²) in [7, 11) is 1.60. The van der Waals surface area contributed by atoms with Crippen LogP contribution < -0.4 is 19.6 Å². The van der Waals surface area contributed by atoms with Crippen molar-refractivity contribution in [2.45, 2.75) is 19.9 Å².